The zero-order valence-electron chi connectivity index (χ0n) is 15.3. The van der Waals surface area contributed by atoms with E-state index in [1.807, 2.05) is 20.8 Å². The van der Waals surface area contributed by atoms with Crippen molar-refractivity contribution in [2.45, 2.75) is 57.9 Å². The third-order valence-corrected chi connectivity index (χ3v) is 4.68. The Labute approximate surface area is 147 Å². The van der Waals surface area contributed by atoms with Crippen LogP contribution >= 0.6 is 0 Å². The summed E-state index contributed by atoms with van der Waals surface area (Å²) in [5.41, 5.74) is 2.37. The number of benzene rings is 1. The number of carbonyl (C=O) groups excluding carboxylic acids is 1. The summed E-state index contributed by atoms with van der Waals surface area (Å²) in [6.07, 6.45) is 2.69. The molecular formula is C20H25N3O2. The predicted octanol–water partition coefficient (Wildman–Crippen LogP) is 2.88. The van der Waals surface area contributed by atoms with Crippen LogP contribution in [0.25, 0.3) is 0 Å². The summed E-state index contributed by atoms with van der Waals surface area (Å²) < 4.78 is 0. The van der Waals surface area contributed by atoms with Gasteiger partial charge in [0.25, 0.3) is 5.91 Å². The molecule has 1 heterocycles. The number of H-pyrrole nitrogens is 1. The van der Waals surface area contributed by atoms with Gasteiger partial charge in [0.15, 0.2) is 0 Å². The van der Waals surface area contributed by atoms with Crippen LogP contribution in [-0.2, 0) is 11.8 Å². The number of aryl methyl sites for hydroxylation is 1. The minimum atomic E-state index is -0.485. The summed E-state index contributed by atoms with van der Waals surface area (Å²) >= 11 is 0. The summed E-state index contributed by atoms with van der Waals surface area (Å²) in [5.74, 6) is -0.277. The van der Waals surface area contributed by atoms with Crippen LogP contribution < -0.4 is 11.0 Å². The van der Waals surface area contributed by atoms with E-state index in [0.29, 0.717) is 5.69 Å². The van der Waals surface area contributed by atoms with Crippen LogP contribution in [0.1, 0.15) is 60.9 Å². The number of aromatic nitrogens is 2. The van der Waals surface area contributed by atoms with Gasteiger partial charge >= 0.3 is 5.69 Å². The average Bonchev–Trinajstić information content (AvgIpc) is 3.27. The smallest absolute Gasteiger partial charge is 0.345 e. The Morgan fingerprint density at radius 3 is 2.44 bits per heavy atom. The monoisotopic (exact) mass is 339 g/mol. The Hall–Kier alpha value is -2.43. The van der Waals surface area contributed by atoms with Gasteiger partial charge in [0.1, 0.15) is 5.69 Å². The minimum absolute atomic E-state index is 0.184. The quantitative estimate of drug-likeness (QED) is 0.899. The van der Waals surface area contributed by atoms with Gasteiger partial charge in [-0.25, -0.2) is 4.79 Å². The van der Waals surface area contributed by atoms with E-state index in [1.165, 1.54) is 11.1 Å². The third kappa shape index (κ3) is 4.16. The van der Waals surface area contributed by atoms with Crippen molar-refractivity contribution < 1.29 is 4.79 Å². The maximum atomic E-state index is 12.6. The highest BCUT2D eigenvalue weighted by Crippen LogP contribution is 2.39. The largest absolute Gasteiger partial charge is 0.345 e. The SMILES string of the molecule is Cc1ccc(CC2(NC(=O)c3cc(C(C)(C)C)[nH]c(=O)n3)CC2)cc1. The molecule has 0 spiro atoms. The number of rotatable bonds is 4. The summed E-state index contributed by atoms with van der Waals surface area (Å²) in [6, 6.07) is 10.1. The van der Waals surface area contributed by atoms with Crippen LogP contribution in [0, 0.1) is 6.92 Å². The number of nitrogens with one attached hydrogen (secondary N) is 2. The molecule has 1 amide bonds. The van der Waals surface area contributed by atoms with Gasteiger partial charge in [0, 0.05) is 16.6 Å². The molecule has 0 atom stereocenters. The van der Waals surface area contributed by atoms with Crippen molar-refractivity contribution >= 4 is 5.91 Å². The zero-order chi connectivity index (χ0) is 18.2. The van der Waals surface area contributed by atoms with Gasteiger partial charge in [-0.1, -0.05) is 50.6 Å². The predicted molar refractivity (Wildman–Crippen MR) is 97.9 cm³/mol. The highest BCUT2D eigenvalue weighted by atomic mass is 16.2. The molecule has 2 N–H and O–H groups in total. The second-order valence-corrected chi connectivity index (χ2v) is 8.13. The average molecular weight is 339 g/mol. The Morgan fingerprint density at radius 1 is 1.24 bits per heavy atom. The van der Waals surface area contributed by atoms with Crippen molar-refractivity contribution in [3.8, 4) is 0 Å². The number of amides is 1. The van der Waals surface area contributed by atoms with E-state index in [9.17, 15) is 9.59 Å². The van der Waals surface area contributed by atoms with Gasteiger partial charge in [0.05, 0.1) is 0 Å². The lowest BCUT2D eigenvalue weighted by atomic mass is 9.91. The molecule has 2 aromatic rings. The number of hydrogen-bond donors (Lipinski definition) is 2. The van der Waals surface area contributed by atoms with Gasteiger partial charge in [-0.15, -0.1) is 0 Å². The fraction of sp³-hybridized carbons (Fsp3) is 0.450. The van der Waals surface area contributed by atoms with Gasteiger partial charge in [-0.3, -0.25) is 4.79 Å². The highest BCUT2D eigenvalue weighted by molar-refractivity contribution is 5.93. The normalized spacial score (nSPS) is 15.7. The summed E-state index contributed by atoms with van der Waals surface area (Å²) in [6.45, 7) is 8.02. The first kappa shape index (κ1) is 17.4. The number of nitrogens with zero attached hydrogens (tertiary/aromatic N) is 1. The first-order chi connectivity index (χ1) is 11.7. The maximum absolute atomic E-state index is 12.6. The van der Waals surface area contributed by atoms with Crippen LogP contribution in [-0.4, -0.2) is 21.4 Å². The van der Waals surface area contributed by atoms with Gasteiger partial charge in [0.2, 0.25) is 0 Å². The van der Waals surface area contributed by atoms with E-state index in [-0.39, 0.29) is 22.6 Å². The third-order valence-electron chi connectivity index (χ3n) is 4.68. The molecule has 1 saturated carbocycles. The second kappa shape index (κ2) is 6.14. The van der Waals surface area contributed by atoms with Gasteiger partial charge < -0.3 is 10.3 Å². The number of hydrogen-bond acceptors (Lipinski definition) is 3. The Balaban J connectivity index is 1.77. The van der Waals surface area contributed by atoms with E-state index in [4.69, 9.17) is 0 Å². The standard InChI is InChI=1S/C20H25N3O2/c1-13-5-7-14(8-6-13)12-20(9-10-20)23-17(24)15-11-16(19(2,3)4)22-18(25)21-15/h5-8,11H,9-10,12H2,1-4H3,(H,23,24)(H,21,22,25). The fourth-order valence-corrected chi connectivity index (χ4v) is 2.88. The van der Waals surface area contributed by atoms with Crippen molar-refractivity contribution in [1.82, 2.24) is 15.3 Å². The molecule has 25 heavy (non-hydrogen) atoms. The molecule has 0 aliphatic heterocycles. The maximum Gasteiger partial charge on any atom is 0.345 e. The Kier molecular flexibility index (Phi) is 4.27. The van der Waals surface area contributed by atoms with E-state index in [0.717, 1.165) is 19.3 Å². The van der Waals surface area contributed by atoms with Crippen molar-refractivity contribution in [1.29, 1.82) is 0 Å². The number of aromatic amines is 1. The van der Waals surface area contributed by atoms with Crippen molar-refractivity contribution in [3.05, 3.63) is 63.3 Å². The molecule has 0 radical (unpaired) electrons. The van der Waals surface area contributed by atoms with E-state index in [2.05, 4.69) is 46.5 Å². The molecule has 1 aromatic carbocycles. The molecule has 1 aromatic heterocycles. The summed E-state index contributed by atoms with van der Waals surface area (Å²) in [7, 11) is 0. The molecule has 0 unspecified atom stereocenters. The van der Waals surface area contributed by atoms with Crippen LogP contribution in [0.15, 0.2) is 35.1 Å². The Bertz CT molecular complexity index is 840. The molecule has 0 bridgehead atoms. The van der Waals surface area contributed by atoms with Crippen LogP contribution in [0.3, 0.4) is 0 Å². The molecule has 3 rings (SSSR count). The lowest BCUT2D eigenvalue weighted by Crippen LogP contribution is -2.40. The molecular weight excluding hydrogens is 314 g/mol. The van der Waals surface area contributed by atoms with Crippen molar-refractivity contribution in [2.75, 3.05) is 0 Å². The molecule has 1 aliphatic rings. The Morgan fingerprint density at radius 2 is 1.88 bits per heavy atom. The summed E-state index contributed by atoms with van der Waals surface area (Å²) in [4.78, 5) is 31.0. The van der Waals surface area contributed by atoms with E-state index < -0.39 is 5.69 Å². The summed E-state index contributed by atoms with van der Waals surface area (Å²) in [5, 5.41) is 3.10. The van der Waals surface area contributed by atoms with Crippen molar-refractivity contribution in [2.24, 2.45) is 0 Å². The molecule has 1 aliphatic carbocycles. The van der Waals surface area contributed by atoms with Crippen LogP contribution in [0.2, 0.25) is 0 Å². The molecule has 132 valence electrons. The van der Waals surface area contributed by atoms with Crippen LogP contribution in [0.4, 0.5) is 0 Å². The lowest BCUT2D eigenvalue weighted by Gasteiger charge is -2.20. The van der Waals surface area contributed by atoms with Crippen LogP contribution in [0.5, 0.6) is 0 Å². The van der Waals surface area contributed by atoms with Gasteiger partial charge in [-0.05, 0) is 37.8 Å². The topological polar surface area (TPSA) is 74.8 Å². The first-order valence-electron chi connectivity index (χ1n) is 8.67. The zero-order valence-corrected chi connectivity index (χ0v) is 15.3. The second-order valence-electron chi connectivity index (χ2n) is 8.13. The highest BCUT2D eigenvalue weighted by Gasteiger charge is 2.44. The first-order valence-corrected chi connectivity index (χ1v) is 8.67. The molecule has 0 saturated heterocycles. The lowest BCUT2D eigenvalue weighted by molar-refractivity contribution is 0.0925. The van der Waals surface area contributed by atoms with Gasteiger partial charge in [-0.2, -0.15) is 4.98 Å². The number of carbonyl (C=O) groups is 1. The van der Waals surface area contributed by atoms with E-state index >= 15 is 0 Å². The fourth-order valence-electron chi connectivity index (χ4n) is 2.88. The van der Waals surface area contributed by atoms with E-state index in [1.54, 1.807) is 6.07 Å². The minimum Gasteiger partial charge on any atom is -0.345 e. The van der Waals surface area contributed by atoms with Crippen molar-refractivity contribution in [3.63, 3.8) is 0 Å². The molecule has 1 fully saturated rings. The molecule has 5 nitrogen and oxygen atoms in total. The molecule has 5 heteroatoms.